The Morgan fingerprint density at radius 3 is 2.69 bits per heavy atom. The van der Waals surface area contributed by atoms with Gasteiger partial charge in [0.05, 0.1) is 18.8 Å². The minimum Gasteiger partial charge on any atom is -0.306 e. The summed E-state index contributed by atoms with van der Waals surface area (Å²) in [7, 11) is 0. The van der Waals surface area contributed by atoms with Gasteiger partial charge in [-0.15, -0.1) is 0 Å². The normalized spacial score (nSPS) is 9.69. The molecule has 0 fully saturated rings. The van der Waals surface area contributed by atoms with Crippen molar-refractivity contribution in [3.05, 3.63) is 48.5 Å². The molecule has 1 heterocycles. The molecule has 0 atom stereocenters. The number of nitrogens with zero attached hydrogens (tertiary/aromatic N) is 3. The molecule has 0 unspecified atom stereocenters. The van der Waals surface area contributed by atoms with Gasteiger partial charge in [-0.2, -0.15) is 5.26 Å². The standard InChI is InChI=1S/C12H9N3O/c13-6-5-12(16)10-1-3-11(4-2-10)15-8-7-14-9-15/h1-4,7-9H,5H2. The number of imidazole rings is 1. The lowest BCUT2D eigenvalue weighted by Gasteiger charge is -2.02. The maximum Gasteiger partial charge on any atom is 0.176 e. The third-order valence-corrected chi connectivity index (χ3v) is 2.23. The number of ketones is 1. The number of Topliss-reactive ketones (excluding diaryl/α,β-unsaturated/α-hetero) is 1. The smallest absolute Gasteiger partial charge is 0.176 e. The topological polar surface area (TPSA) is 58.7 Å². The molecule has 0 saturated heterocycles. The van der Waals surface area contributed by atoms with Gasteiger partial charge in [0.15, 0.2) is 5.78 Å². The highest BCUT2D eigenvalue weighted by Gasteiger charge is 2.04. The minimum absolute atomic E-state index is 0.0789. The maximum absolute atomic E-state index is 11.4. The van der Waals surface area contributed by atoms with Gasteiger partial charge < -0.3 is 4.57 Å². The molecule has 0 aliphatic heterocycles. The molecular weight excluding hydrogens is 202 g/mol. The van der Waals surface area contributed by atoms with Crippen LogP contribution >= 0.6 is 0 Å². The fraction of sp³-hybridized carbons (Fsp3) is 0.0833. The van der Waals surface area contributed by atoms with Crippen molar-refractivity contribution < 1.29 is 4.79 Å². The van der Waals surface area contributed by atoms with Crippen LogP contribution in [0.1, 0.15) is 16.8 Å². The van der Waals surface area contributed by atoms with Crippen LogP contribution in [-0.4, -0.2) is 15.3 Å². The van der Waals surface area contributed by atoms with Gasteiger partial charge in [-0.3, -0.25) is 4.79 Å². The summed E-state index contributed by atoms with van der Waals surface area (Å²) < 4.78 is 1.85. The average molecular weight is 211 g/mol. The zero-order chi connectivity index (χ0) is 11.4. The highest BCUT2D eigenvalue weighted by Crippen LogP contribution is 2.10. The molecule has 4 heteroatoms. The van der Waals surface area contributed by atoms with Crippen LogP contribution in [0.2, 0.25) is 0 Å². The molecule has 78 valence electrons. The first kappa shape index (κ1) is 10.1. The second-order valence-corrected chi connectivity index (χ2v) is 3.27. The van der Waals surface area contributed by atoms with E-state index in [-0.39, 0.29) is 12.2 Å². The molecule has 16 heavy (non-hydrogen) atoms. The molecule has 1 aromatic carbocycles. The first-order valence-electron chi connectivity index (χ1n) is 4.80. The number of carbonyl (C=O) groups is 1. The van der Waals surface area contributed by atoms with Crippen LogP contribution in [0.4, 0.5) is 0 Å². The number of hydrogen-bond acceptors (Lipinski definition) is 3. The lowest BCUT2D eigenvalue weighted by atomic mass is 10.1. The number of rotatable bonds is 3. The highest BCUT2D eigenvalue weighted by molar-refractivity contribution is 5.97. The number of benzene rings is 1. The van der Waals surface area contributed by atoms with E-state index in [2.05, 4.69) is 4.98 Å². The fourth-order valence-corrected chi connectivity index (χ4v) is 1.41. The largest absolute Gasteiger partial charge is 0.306 e. The van der Waals surface area contributed by atoms with E-state index in [4.69, 9.17) is 5.26 Å². The summed E-state index contributed by atoms with van der Waals surface area (Å²) >= 11 is 0. The third kappa shape index (κ3) is 1.98. The van der Waals surface area contributed by atoms with Crippen molar-refractivity contribution in [2.24, 2.45) is 0 Å². The maximum atomic E-state index is 11.4. The predicted octanol–water partition coefficient (Wildman–Crippen LogP) is 1.97. The molecule has 0 aliphatic carbocycles. The van der Waals surface area contributed by atoms with E-state index in [0.29, 0.717) is 5.56 Å². The number of carbonyl (C=O) groups excluding carboxylic acids is 1. The van der Waals surface area contributed by atoms with Crippen LogP contribution in [0.25, 0.3) is 5.69 Å². The highest BCUT2D eigenvalue weighted by atomic mass is 16.1. The Hall–Kier alpha value is -2.41. The van der Waals surface area contributed by atoms with Crippen molar-refractivity contribution >= 4 is 5.78 Å². The quantitative estimate of drug-likeness (QED) is 0.729. The van der Waals surface area contributed by atoms with Gasteiger partial charge in [0.2, 0.25) is 0 Å². The second-order valence-electron chi connectivity index (χ2n) is 3.27. The Balaban J connectivity index is 2.24. The van der Waals surface area contributed by atoms with Gasteiger partial charge in [-0.05, 0) is 24.3 Å². The molecule has 4 nitrogen and oxygen atoms in total. The van der Waals surface area contributed by atoms with Crippen molar-refractivity contribution in [2.75, 3.05) is 0 Å². The molecule has 0 bridgehead atoms. The minimum atomic E-state index is -0.153. The SMILES string of the molecule is N#CCC(=O)c1ccc(-n2ccnc2)cc1. The lowest BCUT2D eigenvalue weighted by molar-refractivity contribution is 0.0998. The predicted molar refractivity (Wildman–Crippen MR) is 58.1 cm³/mol. The molecule has 1 aromatic heterocycles. The van der Waals surface area contributed by atoms with E-state index in [1.807, 2.05) is 29.0 Å². The molecule has 0 saturated carbocycles. The molecule has 2 rings (SSSR count). The van der Waals surface area contributed by atoms with E-state index < -0.39 is 0 Å². The van der Waals surface area contributed by atoms with Gasteiger partial charge in [-0.1, -0.05) is 0 Å². The van der Waals surface area contributed by atoms with Crippen molar-refractivity contribution in [2.45, 2.75) is 6.42 Å². The van der Waals surface area contributed by atoms with Crippen LogP contribution in [-0.2, 0) is 0 Å². The van der Waals surface area contributed by atoms with Gasteiger partial charge in [0.25, 0.3) is 0 Å². The first-order valence-corrected chi connectivity index (χ1v) is 4.80. The van der Waals surface area contributed by atoms with E-state index in [0.717, 1.165) is 5.69 Å². The zero-order valence-electron chi connectivity index (χ0n) is 8.50. The third-order valence-electron chi connectivity index (χ3n) is 2.23. The van der Waals surface area contributed by atoms with Crippen LogP contribution < -0.4 is 0 Å². The fourth-order valence-electron chi connectivity index (χ4n) is 1.41. The lowest BCUT2D eigenvalue weighted by Crippen LogP contribution is -1.98. The Morgan fingerprint density at radius 2 is 2.12 bits per heavy atom. The number of nitriles is 1. The van der Waals surface area contributed by atoms with Crippen LogP contribution in [0.15, 0.2) is 43.0 Å². The van der Waals surface area contributed by atoms with E-state index >= 15 is 0 Å². The monoisotopic (exact) mass is 211 g/mol. The zero-order valence-corrected chi connectivity index (χ0v) is 8.50. The first-order chi connectivity index (χ1) is 7.81. The summed E-state index contributed by atoms with van der Waals surface area (Å²) in [5.74, 6) is -0.153. The van der Waals surface area contributed by atoms with Gasteiger partial charge in [0, 0.05) is 23.6 Å². The Morgan fingerprint density at radius 1 is 1.38 bits per heavy atom. The summed E-state index contributed by atoms with van der Waals surface area (Å²) in [6, 6.07) is 8.93. The van der Waals surface area contributed by atoms with E-state index in [1.54, 1.807) is 24.7 Å². The van der Waals surface area contributed by atoms with Crippen molar-refractivity contribution in [3.63, 3.8) is 0 Å². The summed E-state index contributed by atoms with van der Waals surface area (Å²) in [6.45, 7) is 0. The number of aromatic nitrogens is 2. The molecule has 0 N–H and O–H groups in total. The van der Waals surface area contributed by atoms with Gasteiger partial charge in [-0.25, -0.2) is 4.98 Å². The summed E-state index contributed by atoms with van der Waals surface area (Å²) in [4.78, 5) is 15.3. The summed E-state index contributed by atoms with van der Waals surface area (Å²) in [6.07, 6.45) is 5.12. The van der Waals surface area contributed by atoms with Gasteiger partial charge in [0.1, 0.15) is 0 Å². The van der Waals surface area contributed by atoms with Gasteiger partial charge >= 0.3 is 0 Å². The van der Waals surface area contributed by atoms with Crippen LogP contribution in [0, 0.1) is 11.3 Å². The summed E-state index contributed by atoms with van der Waals surface area (Å²) in [5.41, 5.74) is 1.50. The van der Waals surface area contributed by atoms with Crippen LogP contribution in [0.5, 0.6) is 0 Å². The van der Waals surface area contributed by atoms with Crippen LogP contribution in [0.3, 0.4) is 0 Å². The Bertz CT molecular complexity index is 520. The molecule has 0 spiro atoms. The summed E-state index contributed by atoms with van der Waals surface area (Å²) in [5, 5.41) is 8.42. The molecule has 0 amide bonds. The van der Waals surface area contributed by atoms with E-state index in [1.165, 1.54) is 0 Å². The Labute approximate surface area is 92.8 Å². The average Bonchev–Trinajstić information content (AvgIpc) is 2.83. The second kappa shape index (κ2) is 4.41. The molecule has 2 aromatic rings. The van der Waals surface area contributed by atoms with Crippen molar-refractivity contribution in [1.82, 2.24) is 9.55 Å². The van der Waals surface area contributed by atoms with E-state index in [9.17, 15) is 4.79 Å². The molecule has 0 aliphatic rings. The van der Waals surface area contributed by atoms with Crippen molar-refractivity contribution in [1.29, 1.82) is 5.26 Å². The number of hydrogen-bond donors (Lipinski definition) is 0. The molecular formula is C12H9N3O. The molecule has 0 radical (unpaired) electrons. The Kier molecular flexibility index (Phi) is 2.79. The van der Waals surface area contributed by atoms with Crippen molar-refractivity contribution in [3.8, 4) is 11.8 Å².